The molecule has 0 saturated heterocycles. The topological polar surface area (TPSA) is 12.0 Å². The molecule has 1 nitrogen and oxygen atoms in total. The van der Waals surface area contributed by atoms with Crippen molar-refractivity contribution in [1.82, 2.24) is 5.32 Å². The van der Waals surface area contributed by atoms with E-state index < -0.39 is 0 Å². The average molecular weight is 365 g/mol. The van der Waals surface area contributed by atoms with Gasteiger partial charge >= 0.3 is 0 Å². The molecular formula is C18H19BrClN. The molecule has 21 heavy (non-hydrogen) atoms. The maximum atomic E-state index is 6.41. The molecule has 0 heterocycles. The van der Waals surface area contributed by atoms with E-state index in [1.807, 2.05) is 12.1 Å². The van der Waals surface area contributed by atoms with Crippen LogP contribution in [0.4, 0.5) is 0 Å². The first kappa shape index (κ1) is 15.1. The van der Waals surface area contributed by atoms with E-state index in [-0.39, 0.29) is 0 Å². The van der Waals surface area contributed by atoms with E-state index in [0.717, 1.165) is 22.5 Å². The van der Waals surface area contributed by atoms with Crippen molar-refractivity contribution >= 4 is 27.5 Å². The van der Waals surface area contributed by atoms with Gasteiger partial charge in [-0.2, -0.15) is 0 Å². The van der Waals surface area contributed by atoms with Crippen molar-refractivity contribution in [3.8, 4) is 0 Å². The molecule has 2 aromatic rings. The number of halogens is 2. The van der Waals surface area contributed by atoms with Crippen LogP contribution in [0.25, 0.3) is 0 Å². The Labute approximate surface area is 139 Å². The Bertz CT molecular complexity index is 641. The highest BCUT2D eigenvalue weighted by atomic mass is 79.9. The summed E-state index contributed by atoms with van der Waals surface area (Å²) in [5, 5.41) is 4.44. The molecule has 3 heteroatoms. The standard InChI is InChI=1S/C18H19BrClN/c1-2-21-18(16-11-14(19)7-8-17(16)20)10-13-9-12-5-3-4-6-15(12)13/h3-8,11,13,18,21H,2,9-10H2,1H3. The minimum absolute atomic E-state index is 0.304. The van der Waals surface area contributed by atoms with Crippen LogP contribution in [0.3, 0.4) is 0 Å². The molecule has 2 atom stereocenters. The van der Waals surface area contributed by atoms with Gasteiger partial charge in [0.2, 0.25) is 0 Å². The molecule has 0 saturated carbocycles. The van der Waals surface area contributed by atoms with Crippen LogP contribution >= 0.6 is 27.5 Å². The minimum atomic E-state index is 0.304. The fourth-order valence-corrected chi connectivity index (χ4v) is 3.83. The third-order valence-corrected chi connectivity index (χ3v) is 5.10. The summed E-state index contributed by atoms with van der Waals surface area (Å²) in [7, 11) is 0. The molecule has 1 aliphatic rings. The van der Waals surface area contributed by atoms with E-state index in [0.29, 0.717) is 12.0 Å². The van der Waals surface area contributed by atoms with Gasteiger partial charge in [0.15, 0.2) is 0 Å². The van der Waals surface area contributed by atoms with Crippen molar-refractivity contribution in [2.45, 2.75) is 31.7 Å². The molecule has 0 spiro atoms. The molecule has 0 radical (unpaired) electrons. The zero-order valence-electron chi connectivity index (χ0n) is 12.1. The highest BCUT2D eigenvalue weighted by Crippen LogP contribution is 2.42. The highest BCUT2D eigenvalue weighted by Gasteiger charge is 2.29. The summed E-state index contributed by atoms with van der Waals surface area (Å²) in [6, 6.07) is 15.2. The average Bonchev–Trinajstić information content (AvgIpc) is 2.46. The smallest absolute Gasteiger partial charge is 0.0454 e. The van der Waals surface area contributed by atoms with Crippen LogP contribution in [-0.4, -0.2) is 6.54 Å². The fraction of sp³-hybridized carbons (Fsp3) is 0.333. The Kier molecular flexibility index (Phi) is 4.68. The first-order valence-corrected chi connectivity index (χ1v) is 8.62. The van der Waals surface area contributed by atoms with Gasteiger partial charge in [0.05, 0.1) is 0 Å². The first-order valence-electron chi connectivity index (χ1n) is 7.45. The Hall–Kier alpha value is -0.830. The summed E-state index contributed by atoms with van der Waals surface area (Å²) in [6.07, 6.45) is 2.28. The van der Waals surface area contributed by atoms with E-state index in [2.05, 4.69) is 58.5 Å². The number of rotatable bonds is 5. The number of fused-ring (bicyclic) bond motifs is 1. The molecule has 1 aliphatic carbocycles. The van der Waals surface area contributed by atoms with Crippen molar-refractivity contribution < 1.29 is 0 Å². The third kappa shape index (κ3) is 3.18. The zero-order chi connectivity index (χ0) is 14.8. The quantitative estimate of drug-likeness (QED) is 0.740. The van der Waals surface area contributed by atoms with E-state index in [1.165, 1.54) is 23.1 Å². The van der Waals surface area contributed by atoms with Crippen LogP contribution in [-0.2, 0) is 6.42 Å². The van der Waals surface area contributed by atoms with Crippen molar-refractivity contribution in [1.29, 1.82) is 0 Å². The van der Waals surface area contributed by atoms with E-state index in [4.69, 9.17) is 11.6 Å². The second kappa shape index (κ2) is 6.51. The lowest BCUT2D eigenvalue weighted by atomic mass is 9.74. The molecule has 0 bridgehead atoms. The second-order valence-electron chi connectivity index (χ2n) is 5.61. The van der Waals surface area contributed by atoms with Gasteiger partial charge < -0.3 is 5.32 Å². The number of hydrogen-bond donors (Lipinski definition) is 1. The predicted molar refractivity (Wildman–Crippen MR) is 93.1 cm³/mol. The molecule has 1 N–H and O–H groups in total. The molecule has 2 aromatic carbocycles. The van der Waals surface area contributed by atoms with Gasteiger partial charge in [0, 0.05) is 15.5 Å². The van der Waals surface area contributed by atoms with Gasteiger partial charge in [-0.15, -0.1) is 0 Å². The van der Waals surface area contributed by atoms with E-state index in [1.54, 1.807) is 0 Å². The predicted octanol–water partition coefficient (Wildman–Crippen LogP) is 5.48. The molecule has 0 aromatic heterocycles. The van der Waals surface area contributed by atoms with Gasteiger partial charge in [0.1, 0.15) is 0 Å². The van der Waals surface area contributed by atoms with E-state index in [9.17, 15) is 0 Å². The summed E-state index contributed by atoms with van der Waals surface area (Å²) < 4.78 is 1.08. The maximum absolute atomic E-state index is 6.41. The molecule has 3 rings (SSSR count). The first-order chi connectivity index (χ1) is 10.2. The molecule has 2 unspecified atom stereocenters. The van der Waals surface area contributed by atoms with E-state index >= 15 is 0 Å². The largest absolute Gasteiger partial charge is 0.310 e. The molecule has 0 fully saturated rings. The van der Waals surface area contributed by atoms with Crippen LogP contribution in [0.2, 0.25) is 5.02 Å². The van der Waals surface area contributed by atoms with Gasteiger partial charge in [-0.05, 0) is 60.2 Å². The highest BCUT2D eigenvalue weighted by molar-refractivity contribution is 9.10. The SMILES string of the molecule is CCNC(CC1Cc2ccccc21)c1cc(Br)ccc1Cl. The van der Waals surface area contributed by atoms with Crippen LogP contribution in [0.15, 0.2) is 46.9 Å². The van der Waals surface area contributed by atoms with Gasteiger partial charge in [-0.1, -0.05) is 58.7 Å². The Morgan fingerprint density at radius 3 is 2.86 bits per heavy atom. The number of nitrogens with one attached hydrogen (secondary N) is 1. The maximum Gasteiger partial charge on any atom is 0.0454 e. The van der Waals surface area contributed by atoms with Crippen molar-refractivity contribution in [3.05, 3.63) is 68.7 Å². The van der Waals surface area contributed by atoms with Gasteiger partial charge in [0.25, 0.3) is 0 Å². The van der Waals surface area contributed by atoms with Gasteiger partial charge in [-0.25, -0.2) is 0 Å². The zero-order valence-corrected chi connectivity index (χ0v) is 14.4. The summed E-state index contributed by atoms with van der Waals surface area (Å²) in [5.74, 6) is 0.639. The summed E-state index contributed by atoms with van der Waals surface area (Å²) in [4.78, 5) is 0. The van der Waals surface area contributed by atoms with Gasteiger partial charge in [-0.3, -0.25) is 0 Å². The number of hydrogen-bond acceptors (Lipinski definition) is 1. The summed E-state index contributed by atoms with van der Waals surface area (Å²) >= 11 is 9.96. The van der Waals surface area contributed by atoms with Crippen LogP contribution in [0.5, 0.6) is 0 Å². The third-order valence-electron chi connectivity index (χ3n) is 4.27. The lowest BCUT2D eigenvalue weighted by Gasteiger charge is -2.33. The molecule has 110 valence electrons. The van der Waals surface area contributed by atoms with Crippen LogP contribution < -0.4 is 5.32 Å². The lowest BCUT2D eigenvalue weighted by Crippen LogP contribution is -2.27. The van der Waals surface area contributed by atoms with Crippen molar-refractivity contribution in [2.75, 3.05) is 6.54 Å². The Morgan fingerprint density at radius 1 is 1.29 bits per heavy atom. The fourth-order valence-electron chi connectivity index (χ4n) is 3.21. The second-order valence-corrected chi connectivity index (χ2v) is 6.93. The molecule has 0 amide bonds. The van der Waals surface area contributed by atoms with Crippen LogP contribution in [0, 0.1) is 0 Å². The summed E-state index contributed by atoms with van der Waals surface area (Å²) in [6.45, 7) is 3.09. The normalized spacial score (nSPS) is 18.0. The Balaban J connectivity index is 1.81. The summed E-state index contributed by atoms with van der Waals surface area (Å²) in [5.41, 5.74) is 4.20. The van der Waals surface area contributed by atoms with Crippen molar-refractivity contribution in [2.24, 2.45) is 0 Å². The van der Waals surface area contributed by atoms with Crippen LogP contribution in [0.1, 0.15) is 42.0 Å². The lowest BCUT2D eigenvalue weighted by molar-refractivity contribution is 0.436. The monoisotopic (exact) mass is 363 g/mol. The number of benzene rings is 2. The molecule has 0 aliphatic heterocycles. The minimum Gasteiger partial charge on any atom is -0.310 e. The Morgan fingerprint density at radius 2 is 2.10 bits per heavy atom. The molecular weight excluding hydrogens is 346 g/mol. The van der Waals surface area contributed by atoms with Crippen molar-refractivity contribution in [3.63, 3.8) is 0 Å².